The maximum atomic E-state index is 12.9. The molecule has 0 radical (unpaired) electrons. The van der Waals surface area contributed by atoms with Gasteiger partial charge in [0.2, 0.25) is 11.8 Å². The minimum atomic E-state index is -4.41. The van der Waals surface area contributed by atoms with Crippen LogP contribution in [0.1, 0.15) is 37.3 Å². The zero-order chi connectivity index (χ0) is 17.5. The van der Waals surface area contributed by atoms with Crippen LogP contribution in [-0.4, -0.2) is 28.8 Å². The summed E-state index contributed by atoms with van der Waals surface area (Å²) >= 11 is 0. The Morgan fingerprint density at radius 2 is 1.96 bits per heavy atom. The second-order valence-electron chi connectivity index (χ2n) is 6.79. The fourth-order valence-electron chi connectivity index (χ4n) is 3.61. The number of carbonyl (C=O) groups excluding carboxylic acids is 2. The molecule has 0 aromatic heterocycles. The van der Waals surface area contributed by atoms with Crippen molar-refractivity contribution in [3.8, 4) is 0 Å². The van der Waals surface area contributed by atoms with E-state index in [9.17, 15) is 22.8 Å². The fraction of sp³-hybridized carbons (Fsp3) is 0.529. The smallest absolute Gasteiger partial charge is 0.347 e. The summed E-state index contributed by atoms with van der Waals surface area (Å²) in [5.74, 6) is 0.0725. The molecule has 3 aliphatic rings. The van der Waals surface area contributed by atoms with Gasteiger partial charge in [0.05, 0.1) is 12.1 Å². The highest BCUT2D eigenvalue weighted by Gasteiger charge is 2.61. The van der Waals surface area contributed by atoms with E-state index < -0.39 is 11.7 Å². The molecule has 2 bridgehead atoms. The molecule has 0 saturated heterocycles. The molecule has 0 atom stereocenters. The molecular formula is C17H19F3N2O2. The van der Waals surface area contributed by atoms with Gasteiger partial charge in [-0.3, -0.25) is 9.59 Å². The Morgan fingerprint density at radius 3 is 2.46 bits per heavy atom. The fourth-order valence-corrected chi connectivity index (χ4v) is 3.61. The summed E-state index contributed by atoms with van der Waals surface area (Å²) in [6.07, 6.45) is -1.70. The number of hydrogen-bond donors (Lipinski definition) is 1. The van der Waals surface area contributed by atoms with Crippen LogP contribution in [0.25, 0.3) is 0 Å². The van der Waals surface area contributed by atoms with E-state index in [0.29, 0.717) is 11.5 Å². The molecule has 3 fully saturated rings. The van der Waals surface area contributed by atoms with Crippen molar-refractivity contribution in [1.29, 1.82) is 0 Å². The van der Waals surface area contributed by atoms with E-state index in [2.05, 4.69) is 5.32 Å². The quantitative estimate of drug-likeness (QED) is 0.896. The Kier molecular flexibility index (Phi) is 4.05. The third-order valence-electron chi connectivity index (χ3n) is 4.96. The largest absolute Gasteiger partial charge is 0.416 e. The van der Waals surface area contributed by atoms with Gasteiger partial charge in [-0.2, -0.15) is 13.2 Å². The molecule has 0 spiro atoms. The van der Waals surface area contributed by atoms with Gasteiger partial charge in [0, 0.05) is 19.0 Å². The van der Waals surface area contributed by atoms with Gasteiger partial charge in [-0.05, 0) is 42.9 Å². The maximum Gasteiger partial charge on any atom is 0.416 e. The Morgan fingerprint density at radius 1 is 1.29 bits per heavy atom. The molecule has 130 valence electrons. The van der Waals surface area contributed by atoms with Crippen molar-refractivity contribution in [2.75, 3.05) is 6.54 Å². The summed E-state index contributed by atoms with van der Waals surface area (Å²) in [5.41, 5.74) is -0.494. The summed E-state index contributed by atoms with van der Waals surface area (Å²) in [7, 11) is 0. The second kappa shape index (κ2) is 5.79. The number of rotatable bonds is 5. The third-order valence-corrected chi connectivity index (χ3v) is 4.96. The average molecular weight is 340 g/mol. The first-order valence-corrected chi connectivity index (χ1v) is 7.91. The van der Waals surface area contributed by atoms with Gasteiger partial charge in [0.1, 0.15) is 0 Å². The van der Waals surface area contributed by atoms with Crippen molar-refractivity contribution in [1.82, 2.24) is 10.2 Å². The van der Waals surface area contributed by atoms with Crippen LogP contribution < -0.4 is 5.32 Å². The number of amides is 2. The monoisotopic (exact) mass is 340 g/mol. The molecule has 4 rings (SSSR count). The Labute approximate surface area is 138 Å². The third kappa shape index (κ3) is 3.12. The molecule has 1 aromatic rings. The summed E-state index contributed by atoms with van der Waals surface area (Å²) in [6, 6.07) is 5.06. The second-order valence-corrected chi connectivity index (χ2v) is 6.79. The molecule has 1 aromatic carbocycles. The average Bonchev–Trinajstić information content (AvgIpc) is 2.40. The molecule has 4 nitrogen and oxygen atoms in total. The van der Waals surface area contributed by atoms with Crippen LogP contribution in [0.4, 0.5) is 13.2 Å². The first kappa shape index (κ1) is 16.8. The zero-order valence-electron chi connectivity index (χ0n) is 13.3. The van der Waals surface area contributed by atoms with Crippen LogP contribution in [0.15, 0.2) is 24.3 Å². The molecule has 24 heavy (non-hydrogen) atoms. The minimum absolute atomic E-state index is 0.124. The maximum absolute atomic E-state index is 12.9. The van der Waals surface area contributed by atoms with Crippen LogP contribution in [0.5, 0.6) is 0 Å². The van der Waals surface area contributed by atoms with Crippen molar-refractivity contribution in [3.63, 3.8) is 0 Å². The van der Waals surface area contributed by atoms with Crippen LogP contribution in [-0.2, 0) is 22.3 Å². The van der Waals surface area contributed by atoms with Gasteiger partial charge in [-0.15, -0.1) is 0 Å². The van der Waals surface area contributed by atoms with E-state index in [-0.39, 0.29) is 30.4 Å². The molecule has 0 unspecified atom stereocenters. The van der Waals surface area contributed by atoms with Gasteiger partial charge in [-0.1, -0.05) is 12.1 Å². The number of nitrogens with zero attached hydrogens (tertiary/aromatic N) is 1. The highest BCUT2D eigenvalue weighted by Crippen LogP contribution is 2.60. The lowest BCUT2D eigenvalue weighted by molar-refractivity contribution is -0.173. The number of nitrogens with one attached hydrogen (secondary N) is 1. The van der Waals surface area contributed by atoms with Gasteiger partial charge in [0.15, 0.2) is 0 Å². The molecule has 1 N–H and O–H groups in total. The molecular weight excluding hydrogens is 321 g/mol. The molecule has 0 heterocycles. The summed E-state index contributed by atoms with van der Waals surface area (Å²) in [5, 5.41) is 2.47. The molecule has 0 aliphatic heterocycles. The van der Waals surface area contributed by atoms with E-state index in [0.717, 1.165) is 31.4 Å². The van der Waals surface area contributed by atoms with E-state index in [1.807, 2.05) is 0 Å². The molecule has 3 aliphatic carbocycles. The van der Waals surface area contributed by atoms with Crippen molar-refractivity contribution in [2.24, 2.45) is 5.92 Å². The van der Waals surface area contributed by atoms with Crippen molar-refractivity contribution < 1.29 is 22.8 Å². The van der Waals surface area contributed by atoms with Crippen LogP contribution in [0, 0.1) is 5.92 Å². The van der Waals surface area contributed by atoms with Gasteiger partial charge < -0.3 is 10.2 Å². The number of halogens is 3. The topological polar surface area (TPSA) is 49.4 Å². The molecule has 7 heteroatoms. The van der Waals surface area contributed by atoms with Crippen LogP contribution in [0.3, 0.4) is 0 Å². The lowest BCUT2D eigenvalue weighted by Crippen LogP contribution is -2.69. The van der Waals surface area contributed by atoms with Crippen molar-refractivity contribution in [3.05, 3.63) is 35.4 Å². The number of carbonyl (C=O) groups is 2. The highest BCUT2D eigenvalue weighted by atomic mass is 19.4. The van der Waals surface area contributed by atoms with E-state index in [4.69, 9.17) is 0 Å². The Bertz CT molecular complexity index is 655. The van der Waals surface area contributed by atoms with Gasteiger partial charge in [0.25, 0.3) is 0 Å². The highest BCUT2D eigenvalue weighted by molar-refractivity contribution is 5.84. The minimum Gasteiger partial charge on any atom is -0.347 e. The Balaban J connectivity index is 1.77. The lowest BCUT2D eigenvalue weighted by atomic mass is 9.49. The standard InChI is InChI=1S/C17H19F3N2O2/c1-11(23)21-9-15(24)22(16-6-13(7-16)8-16)10-12-3-2-4-14(5-12)17(18,19)20/h2-5,13H,6-10H2,1H3,(H,21,23). The molecule has 2 amide bonds. The Hall–Kier alpha value is -2.05. The van der Waals surface area contributed by atoms with Crippen LogP contribution in [0.2, 0.25) is 0 Å². The summed E-state index contributed by atoms with van der Waals surface area (Å²) in [4.78, 5) is 25.2. The predicted octanol–water partition coefficient (Wildman–Crippen LogP) is 2.72. The van der Waals surface area contributed by atoms with E-state index >= 15 is 0 Å². The predicted molar refractivity (Wildman–Crippen MR) is 80.7 cm³/mol. The SMILES string of the molecule is CC(=O)NCC(=O)N(Cc1cccc(C(F)(F)F)c1)C12CC(C1)C2. The first-order chi connectivity index (χ1) is 11.2. The van der Waals surface area contributed by atoms with Crippen molar-refractivity contribution >= 4 is 11.8 Å². The van der Waals surface area contributed by atoms with Crippen molar-refractivity contribution in [2.45, 2.75) is 44.4 Å². The van der Waals surface area contributed by atoms with Gasteiger partial charge >= 0.3 is 6.18 Å². The zero-order valence-corrected chi connectivity index (χ0v) is 13.3. The number of benzene rings is 1. The molecule has 3 saturated carbocycles. The summed E-state index contributed by atoms with van der Waals surface area (Å²) in [6.45, 7) is 1.33. The van der Waals surface area contributed by atoms with E-state index in [1.54, 1.807) is 11.0 Å². The van der Waals surface area contributed by atoms with E-state index in [1.165, 1.54) is 13.0 Å². The normalized spacial score (nSPS) is 24.6. The number of alkyl halides is 3. The first-order valence-electron chi connectivity index (χ1n) is 7.91. The van der Waals surface area contributed by atoms with Crippen LogP contribution >= 0.6 is 0 Å². The summed E-state index contributed by atoms with van der Waals surface area (Å²) < 4.78 is 38.6. The van der Waals surface area contributed by atoms with Gasteiger partial charge in [-0.25, -0.2) is 0 Å². The lowest BCUT2D eigenvalue weighted by Gasteiger charge is -2.66. The number of hydrogen-bond acceptors (Lipinski definition) is 2.